The number of nitrogens with zero attached hydrogens (tertiary/aromatic N) is 1. The predicted octanol–water partition coefficient (Wildman–Crippen LogP) is 3.07. The van der Waals surface area contributed by atoms with Crippen molar-refractivity contribution >= 4 is 22.8 Å². The molecular formula is C19H19NO4. The fourth-order valence-corrected chi connectivity index (χ4v) is 4.36. The molecule has 1 aliphatic heterocycles. The smallest absolute Gasteiger partial charge is 0.410 e. The van der Waals surface area contributed by atoms with Crippen LogP contribution in [-0.4, -0.2) is 37.2 Å². The average Bonchev–Trinajstić information content (AvgIpc) is 3.16. The fourth-order valence-electron chi connectivity index (χ4n) is 4.36. The molecule has 124 valence electrons. The third-order valence-electron chi connectivity index (χ3n) is 5.31. The van der Waals surface area contributed by atoms with Gasteiger partial charge in [-0.25, -0.2) is 9.59 Å². The van der Waals surface area contributed by atoms with Crippen LogP contribution in [0.4, 0.5) is 4.79 Å². The van der Waals surface area contributed by atoms with E-state index < -0.39 is 12.1 Å². The van der Waals surface area contributed by atoms with Crippen LogP contribution in [0.1, 0.15) is 23.6 Å². The molecule has 5 nitrogen and oxygen atoms in total. The van der Waals surface area contributed by atoms with Gasteiger partial charge in [0.15, 0.2) is 0 Å². The molecule has 0 spiro atoms. The maximum Gasteiger partial charge on any atom is 0.410 e. The zero-order valence-corrected chi connectivity index (χ0v) is 13.7. The molecular weight excluding hydrogens is 306 g/mol. The van der Waals surface area contributed by atoms with Crippen molar-refractivity contribution in [1.29, 1.82) is 0 Å². The van der Waals surface area contributed by atoms with Gasteiger partial charge in [-0.1, -0.05) is 36.4 Å². The number of rotatable bonds is 1. The van der Waals surface area contributed by atoms with Gasteiger partial charge in [0.1, 0.15) is 6.04 Å². The molecule has 0 saturated carbocycles. The number of ether oxygens (including phenoxy) is 2. The van der Waals surface area contributed by atoms with Gasteiger partial charge in [0.05, 0.1) is 20.3 Å². The van der Waals surface area contributed by atoms with E-state index in [0.29, 0.717) is 6.42 Å². The number of hydrogen-bond donors (Lipinski definition) is 0. The van der Waals surface area contributed by atoms with Crippen molar-refractivity contribution in [2.24, 2.45) is 5.92 Å². The van der Waals surface area contributed by atoms with Gasteiger partial charge in [-0.15, -0.1) is 0 Å². The fraction of sp³-hybridized carbons (Fsp3) is 0.368. The van der Waals surface area contributed by atoms with Gasteiger partial charge in [-0.2, -0.15) is 0 Å². The number of carbonyl (C=O) groups excluding carboxylic acids is 2. The molecule has 3 atom stereocenters. The molecule has 1 heterocycles. The van der Waals surface area contributed by atoms with E-state index in [1.807, 2.05) is 12.1 Å². The van der Waals surface area contributed by atoms with Crippen molar-refractivity contribution in [3.05, 3.63) is 47.5 Å². The van der Waals surface area contributed by atoms with Crippen molar-refractivity contribution in [2.45, 2.75) is 24.9 Å². The van der Waals surface area contributed by atoms with E-state index in [1.54, 1.807) is 4.90 Å². The summed E-state index contributed by atoms with van der Waals surface area (Å²) in [5.41, 5.74) is 2.40. The average molecular weight is 325 g/mol. The molecule has 1 saturated heterocycles. The second-order valence-corrected chi connectivity index (χ2v) is 6.42. The summed E-state index contributed by atoms with van der Waals surface area (Å²) in [5, 5.41) is 2.28. The Morgan fingerprint density at radius 3 is 2.62 bits per heavy atom. The zero-order valence-electron chi connectivity index (χ0n) is 13.7. The first-order valence-corrected chi connectivity index (χ1v) is 8.10. The molecule has 4 rings (SSSR count). The lowest BCUT2D eigenvalue weighted by atomic mass is 9.97. The number of fused-ring (bicyclic) bond motifs is 5. The highest BCUT2D eigenvalue weighted by Crippen LogP contribution is 2.51. The topological polar surface area (TPSA) is 55.8 Å². The lowest BCUT2D eigenvalue weighted by molar-refractivity contribution is -0.145. The highest BCUT2D eigenvalue weighted by molar-refractivity contribution is 5.90. The SMILES string of the molecule is COC(=O)[C@@H]1C[C@H]2Cc3ccc4ccccc4c3[C@H]2N1C(=O)OC. The number of hydrogen-bond acceptors (Lipinski definition) is 4. The molecule has 5 heteroatoms. The van der Waals surface area contributed by atoms with Crippen LogP contribution in [0.25, 0.3) is 10.8 Å². The first kappa shape index (κ1) is 15.0. The van der Waals surface area contributed by atoms with E-state index >= 15 is 0 Å². The Hall–Kier alpha value is -2.56. The third-order valence-corrected chi connectivity index (χ3v) is 5.31. The summed E-state index contributed by atoms with van der Waals surface area (Å²) in [4.78, 5) is 26.2. The van der Waals surface area contributed by atoms with Crippen molar-refractivity contribution in [3.63, 3.8) is 0 Å². The van der Waals surface area contributed by atoms with Gasteiger partial charge >= 0.3 is 12.1 Å². The maximum atomic E-state index is 12.4. The van der Waals surface area contributed by atoms with Crippen LogP contribution in [-0.2, 0) is 20.7 Å². The Balaban J connectivity index is 1.87. The van der Waals surface area contributed by atoms with Crippen LogP contribution >= 0.6 is 0 Å². The van der Waals surface area contributed by atoms with Gasteiger partial charge in [0.2, 0.25) is 0 Å². The number of carbonyl (C=O) groups is 2. The molecule has 2 aromatic carbocycles. The number of methoxy groups -OCH3 is 2. The summed E-state index contributed by atoms with van der Waals surface area (Å²) >= 11 is 0. The summed E-state index contributed by atoms with van der Waals surface area (Å²) in [6, 6.07) is 11.7. The predicted molar refractivity (Wildman–Crippen MR) is 88.5 cm³/mol. The zero-order chi connectivity index (χ0) is 16.8. The van der Waals surface area contributed by atoms with E-state index in [1.165, 1.54) is 19.8 Å². The Morgan fingerprint density at radius 1 is 1.08 bits per heavy atom. The summed E-state index contributed by atoms with van der Waals surface area (Å²) in [7, 11) is 2.71. The lowest BCUT2D eigenvalue weighted by Gasteiger charge is -2.28. The summed E-state index contributed by atoms with van der Waals surface area (Å²) < 4.78 is 9.88. The molecule has 1 aliphatic carbocycles. The Kier molecular flexibility index (Phi) is 3.44. The second kappa shape index (κ2) is 5.51. The largest absolute Gasteiger partial charge is 0.467 e. The molecule has 2 aromatic rings. The van der Waals surface area contributed by atoms with Crippen LogP contribution in [0.2, 0.25) is 0 Å². The van der Waals surface area contributed by atoms with Crippen LogP contribution in [0.5, 0.6) is 0 Å². The standard InChI is InChI=1S/C19H19NO4/c1-23-18(21)15-10-13-9-12-8-7-11-5-3-4-6-14(11)16(12)17(13)20(15)19(22)24-2/h3-8,13,15,17H,9-10H2,1-2H3/t13-,15+,17+/m1/s1. The highest BCUT2D eigenvalue weighted by atomic mass is 16.5. The lowest BCUT2D eigenvalue weighted by Crippen LogP contribution is -2.42. The number of likely N-dealkylation sites (tertiary alicyclic amines) is 1. The highest BCUT2D eigenvalue weighted by Gasteiger charge is 2.52. The molecule has 0 radical (unpaired) electrons. The van der Waals surface area contributed by atoms with Crippen molar-refractivity contribution < 1.29 is 19.1 Å². The van der Waals surface area contributed by atoms with E-state index in [-0.39, 0.29) is 17.9 Å². The number of amides is 1. The molecule has 24 heavy (non-hydrogen) atoms. The Bertz CT molecular complexity index is 831. The molecule has 0 N–H and O–H groups in total. The van der Waals surface area contributed by atoms with Crippen LogP contribution in [0.15, 0.2) is 36.4 Å². The third kappa shape index (κ3) is 2.00. The van der Waals surface area contributed by atoms with Crippen molar-refractivity contribution in [3.8, 4) is 0 Å². The van der Waals surface area contributed by atoms with Crippen LogP contribution in [0.3, 0.4) is 0 Å². The van der Waals surface area contributed by atoms with Gasteiger partial charge in [0.25, 0.3) is 0 Å². The van der Waals surface area contributed by atoms with Gasteiger partial charge in [-0.05, 0) is 40.7 Å². The molecule has 0 aromatic heterocycles. The van der Waals surface area contributed by atoms with Gasteiger partial charge in [0, 0.05) is 0 Å². The van der Waals surface area contributed by atoms with Gasteiger partial charge < -0.3 is 9.47 Å². The Labute approximate surface area is 140 Å². The number of benzene rings is 2. The number of esters is 1. The van der Waals surface area contributed by atoms with E-state index in [4.69, 9.17) is 9.47 Å². The molecule has 2 aliphatic rings. The Morgan fingerprint density at radius 2 is 1.88 bits per heavy atom. The maximum absolute atomic E-state index is 12.4. The minimum absolute atomic E-state index is 0.136. The first-order valence-electron chi connectivity index (χ1n) is 8.10. The quantitative estimate of drug-likeness (QED) is 0.756. The minimum Gasteiger partial charge on any atom is -0.467 e. The molecule has 0 unspecified atom stereocenters. The first-order chi connectivity index (χ1) is 11.7. The van der Waals surface area contributed by atoms with E-state index in [0.717, 1.165) is 22.8 Å². The summed E-state index contributed by atoms with van der Waals surface area (Å²) in [6.45, 7) is 0. The van der Waals surface area contributed by atoms with Crippen molar-refractivity contribution in [1.82, 2.24) is 4.90 Å². The monoisotopic (exact) mass is 325 g/mol. The molecule has 1 fully saturated rings. The molecule has 0 bridgehead atoms. The van der Waals surface area contributed by atoms with E-state index in [9.17, 15) is 9.59 Å². The van der Waals surface area contributed by atoms with Crippen LogP contribution < -0.4 is 0 Å². The molecule has 1 amide bonds. The van der Waals surface area contributed by atoms with Crippen molar-refractivity contribution in [2.75, 3.05) is 14.2 Å². The normalized spacial score (nSPS) is 24.6. The summed E-state index contributed by atoms with van der Waals surface area (Å²) in [6.07, 6.45) is 1.00. The summed E-state index contributed by atoms with van der Waals surface area (Å²) in [5.74, 6) is -0.161. The van der Waals surface area contributed by atoms with Crippen LogP contribution in [0, 0.1) is 5.92 Å². The van der Waals surface area contributed by atoms with Gasteiger partial charge in [-0.3, -0.25) is 4.90 Å². The van der Waals surface area contributed by atoms with E-state index in [2.05, 4.69) is 24.3 Å². The minimum atomic E-state index is -0.579. The second-order valence-electron chi connectivity index (χ2n) is 6.42.